The molecule has 0 saturated carbocycles. The van der Waals surface area contributed by atoms with E-state index in [1.807, 2.05) is 0 Å². The maximum atomic E-state index is 2.62. The van der Waals surface area contributed by atoms with Crippen LogP contribution in [0.25, 0.3) is 93.5 Å². The Hall–Kier alpha value is -10.2. The zero-order chi connectivity index (χ0) is 60.0. The Bertz CT molecular complexity index is 5150. The van der Waals surface area contributed by atoms with Gasteiger partial charge in [-0.05, 0) is 220 Å². The van der Waals surface area contributed by atoms with Crippen molar-refractivity contribution < 1.29 is 0 Å². The van der Waals surface area contributed by atoms with Gasteiger partial charge in [0.1, 0.15) is 0 Å². The quantitative estimate of drug-likeness (QED) is 0.170. The Balaban J connectivity index is 0.844. The van der Waals surface area contributed by atoms with E-state index in [-0.39, 0.29) is 21.7 Å². The highest BCUT2D eigenvalue weighted by Crippen LogP contribution is 2.63. The van der Waals surface area contributed by atoms with E-state index in [4.69, 9.17) is 0 Å². The third-order valence-corrected chi connectivity index (χ3v) is 21.4. The molecule has 89 heavy (non-hydrogen) atoms. The van der Waals surface area contributed by atoms with Gasteiger partial charge in [-0.3, -0.25) is 0 Å². The first-order chi connectivity index (χ1) is 43.1. The minimum atomic E-state index is -0.363. The molecule has 0 radical (unpaired) electrons. The van der Waals surface area contributed by atoms with Crippen LogP contribution in [0.4, 0.5) is 34.1 Å². The molecule has 0 amide bonds. The number of anilines is 6. The summed E-state index contributed by atoms with van der Waals surface area (Å²) in [5, 5.41) is 7.49. The molecule has 4 aliphatic rings. The van der Waals surface area contributed by atoms with Crippen LogP contribution >= 0.6 is 0 Å². The van der Waals surface area contributed by atoms with Crippen molar-refractivity contribution in [3.8, 4) is 50.2 Å². The van der Waals surface area contributed by atoms with Crippen molar-refractivity contribution in [1.29, 1.82) is 0 Å². The fraction of sp³-hybridized carbons (Fsp3) is 0.140. The summed E-state index contributed by atoms with van der Waals surface area (Å²) in [4.78, 5) is 5.18. The molecule has 0 bridgehead atoms. The monoisotopic (exact) mass is 1140 g/mol. The molecule has 0 atom stereocenters. The first-order valence-corrected chi connectivity index (χ1v) is 31.7. The Morgan fingerprint density at radius 2 is 0.539 bits per heavy atom. The van der Waals surface area contributed by atoms with Gasteiger partial charge in [0, 0.05) is 38.1 Å². The Morgan fingerprint density at radius 3 is 0.978 bits per heavy atom. The number of benzene rings is 13. The molecule has 13 aromatic carbocycles. The number of rotatable bonds is 5. The second-order valence-electron chi connectivity index (χ2n) is 27.8. The van der Waals surface area contributed by atoms with E-state index in [0.29, 0.717) is 0 Å². The molecule has 1 aromatic heterocycles. The second-order valence-corrected chi connectivity index (χ2v) is 27.8. The van der Waals surface area contributed by atoms with Gasteiger partial charge in [0.2, 0.25) is 0 Å². The molecule has 0 N–H and O–H groups in total. The summed E-state index contributed by atoms with van der Waals surface area (Å²) in [6.07, 6.45) is 0. The number of para-hydroxylation sites is 3. The minimum absolute atomic E-state index is 0.241. The third-order valence-electron chi connectivity index (χ3n) is 21.4. The van der Waals surface area contributed by atoms with Crippen molar-refractivity contribution in [3.63, 3.8) is 0 Å². The minimum Gasteiger partial charge on any atom is -0.309 e. The zero-order valence-electron chi connectivity index (χ0n) is 51.7. The predicted octanol–water partition coefficient (Wildman–Crippen LogP) is 23.3. The summed E-state index contributed by atoms with van der Waals surface area (Å²) in [5.74, 6) is 0. The van der Waals surface area contributed by atoms with Crippen molar-refractivity contribution in [1.82, 2.24) is 4.57 Å². The van der Waals surface area contributed by atoms with E-state index in [2.05, 4.69) is 331 Å². The maximum absolute atomic E-state index is 2.62. The largest absolute Gasteiger partial charge is 0.309 e. The fourth-order valence-corrected chi connectivity index (χ4v) is 16.5. The Morgan fingerprint density at radius 1 is 0.225 bits per heavy atom. The summed E-state index contributed by atoms with van der Waals surface area (Å²) >= 11 is 0. The lowest BCUT2D eigenvalue weighted by atomic mass is 9.65. The van der Waals surface area contributed by atoms with E-state index < -0.39 is 0 Å². The molecule has 0 unspecified atom stereocenters. The number of aromatic nitrogens is 1. The van der Waals surface area contributed by atoms with Crippen molar-refractivity contribution >= 4 is 77.5 Å². The lowest BCUT2D eigenvalue weighted by Gasteiger charge is -2.50. The molecule has 14 aromatic rings. The maximum Gasteiger partial charge on any atom is 0.0544 e. The van der Waals surface area contributed by atoms with Gasteiger partial charge >= 0.3 is 0 Å². The van der Waals surface area contributed by atoms with E-state index in [0.717, 1.165) is 5.69 Å². The molecular weight excluding hydrogens is 1070 g/mol. The summed E-state index contributed by atoms with van der Waals surface area (Å²) in [5.41, 5.74) is 30.5. The highest BCUT2D eigenvalue weighted by Gasteiger charge is 2.48. The van der Waals surface area contributed by atoms with Crippen molar-refractivity contribution in [2.24, 2.45) is 0 Å². The molecule has 0 aliphatic carbocycles. The number of fused-ring (bicyclic) bond motifs is 13. The van der Waals surface area contributed by atoms with Crippen LogP contribution in [0, 0.1) is 0 Å². The second kappa shape index (κ2) is 18.2. The Labute approximate surface area is 521 Å². The molecule has 426 valence electrons. The number of hydrogen-bond donors (Lipinski definition) is 0. The van der Waals surface area contributed by atoms with Crippen LogP contribution in [0.5, 0.6) is 0 Å². The predicted molar refractivity (Wildman–Crippen MR) is 375 cm³/mol. The van der Waals surface area contributed by atoms with Gasteiger partial charge < -0.3 is 14.4 Å². The lowest BCUT2D eigenvalue weighted by molar-refractivity contribution is 0.597. The smallest absolute Gasteiger partial charge is 0.0544 e. The third kappa shape index (κ3) is 7.28. The van der Waals surface area contributed by atoms with Gasteiger partial charge in [-0.2, -0.15) is 0 Å². The van der Waals surface area contributed by atoms with Crippen LogP contribution in [0.1, 0.15) is 99.9 Å². The summed E-state index contributed by atoms with van der Waals surface area (Å²) in [6, 6.07) is 99.5. The normalized spacial score (nSPS) is 15.7. The van der Waals surface area contributed by atoms with Gasteiger partial charge in [-0.1, -0.05) is 207 Å². The van der Waals surface area contributed by atoms with Crippen molar-refractivity contribution in [2.75, 3.05) is 9.80 Å². The molecular formula is C86H67N3. The average molecular weight is 1140 g/mol. The van der Waals surface area contributed by atoms with Gasteiger partial charge in [-0.25, -0.2) is 0 Å². The lowest BCUT2D eigenvalue weighted by Crippen LogP contribution is -2.38. The molecule has 0 spiro atoms. The molecule has 3 nitrogen and oxygen atoms in total. The zero-order valence-corrected chi connectivity index (χ0v) is 51.7. The van der Waals surface area contributed by atoms with Gasteiger partial charge in [0.25, 0.3) is 0 Å². The van der Waals surface area contributed by atoms with E-state index in [9.17, 15) is 0 Å². The SMILES string of the molecule is CC1(C)c2ccccc2N2c3ccccc3C(C)(C)c3cc(-c4ccc5c(c4)c4cc(-c6cc7c8c(c6)C(C)(C)c6cc(-c9ccc%10ccccc%10c9)ccc6N8c6ccc(-c8ccc9ccccc9c8)cc6C7(C)C)ccc4n5-c4ccccc4)cc1c32. The van der Waals surface area contributed by atoms with Gasteiger partial charge in [0.15, 0.2) is 0 Å². The Kier molecular flexibility index (Phi) is 10.6. The van der Waals surface area contributed by atoms with E-state index >= 15 is 0 Å². The standard InChI is InChI=1S/C86H67N3/c1-83(2)67-26-16-18-28-77(67)88-78-29-19-17-27-68(78)84(3,4)72-49-62(48-71(83)81(72)88)58-34-38-75-65(44-58)66-45-59(35-39-76(66)87(75)64-24-10-9-11-25-64)63-50-73-82-74(51-63)86(7,8)70-47-61(57-33-31-53-21-13-15-23-55(53)43-57)37-41-80(70)89(82)79-40-36-60(46-69(79)85(73,5)6)56-32-30-52-20-12-14-22-54(52)42-56/h9-51H,1-8H3. The first kappa shape index (κ1) is 52.0. The summed E-state index contributed by atoms with van der Waals surface area (Å²) in [7, 11) is 0. The van der Waals surface area contributed by atoms with Gasteiger partial charge in [-0.15, -0.1) is 0 Å². The highest BCUT2D eigenvalue weighted by molar-refractivity contribution is 6.12. The first-order valence-electron chi connectivity index (χ1n) is 31.7. The number of nitrogens with zero attached hydrogens (tertiary/aromatic N) is 3. The highest BCUT2D eigenvalue weighted by atomic mass is 15.2. The molecule has 3 heteroatoms. The number of hydrogen-bond acceptors (Lipinski definition) is 2. The van der Waals surface area contributed by atoms with Crippen LogP contribution in [-0.2, 0) is 21.7 Å². The van der Waals surface area contributed by atoms with E-state index in [1.54, 1.807) is 0 Å². The van der Waals surface area contributed by atoms with E-state index in [1.165, 1.54) is 166 Å². The van der Waals surface area contributed by atoms with Crippen LogP contribution < -0.4 is 9.80 Å². The molecule has 4 aliphatic heterocycles. The van der Waals surface area contributed by atoms with Gasteiger partial charge in [0.05, 0.1) is 45.2 Å². The molecule has 18 rings (SSSR count). The summed E-state index contributed by atoms with van der Waals surface area (Å²) < 4.78 is 2.47. The van der Waals surface area contributed by atoms with Crippen LogP contribution in [0.2, 0.25) is 0 Å². The van der Waals surface area contributed by atoms with Crippen molar-refractivity contribution in [3.05, 3.63) is 305 Å². The van der Waals surface area contributed by atoms with Crippen molar-refractivity contribution in [2.45, 2.75) is 77.0 Å². The molecule has 0 saturated heterocycles. The van der Waals surface area contributed by atoms with Crippen LogP contribution in [-0.4, -0.2) is 4.57 Å². The average Bonchev–Trinajstić information content (AvgIpc) is 1.30. The van der Waals surface area contributed by atoms with Crippen LogP contribution in [0.3, 0.4) is 0 Å². The summed E-state index contributed by atoms with van der Waals surface area (Å²) in [6.45, 7) is 19.5. The molecule has 5 heterocycles. The molecule has 0 fully saturated rings. The topological polar surface area (TPSA) is 11.4 Å². The fourth-order valence-electron chi connectivity index (χ4n) is 16.5. The van der Waals surface area contributed by atoms with Crippen LogP contribution in [0.15, 0.2) is 261 Å².